The Hall–Kier alpha value is -1.66. The van der Waals surface area contributed by atoms with Crippen molar-refractivity contribution in [2.24, 2.45) is 0 Å². The minimum Gasteiger partial charge on any atom is -0.346 e. The molecule has 2 heterocycles. The lowest BCUT2D eigenvalue weighted by Crippen LogP contribution is -2.52. The Bertz CT molecular complexity index is 634. The van der Waals surface area contributed by atoms with Crippen molar-refractivity contribution >= 4 is 28.9 Å². The van der Waals surface area contributed by atoms with E-state index in [0.29, 0.717) is 6.54 Å². The zero-order valence-corrected chi connectivity index (χ0v) is 16.1. The molecule has 2 aliphatic heterocycles. The molecule has 0 radical (unpaired) electrons. The number of thiocarbonyl (C=S) groups is 1. The quantitative estimate of drug-likeness (QED) is 0.837. The van der Waals surface area contributed by atoms with Gasteiger partial charge in [-0.15, -0.1) is 0 Å². The van der Waals surface area contributed by atoms with Crippen LogP contribution in [0.25, 0.3) is 0 Å². The first-order chi connectivity index (χ1) is 12.0. The van der Waals surface area contributed by atoms with Crippen molar-refractivity contribution in [3.8, 4) is 0 Å². The first kappa shape index (κ1) is 18.1. The second-order valence-electron chi connectivity index (χ2n) is 7.08. The van der Waals surface area contributed by atoms with Crippen molar-refractivity contribution in [2.45, 2.75) is 26.7 Å². The van der Waals surface area contributed by atoms with Crippen molar-refractivity contribution < 1.29 is 4.79 Å². The van der Waals surface area contributed by atoms with Crippen LogP contribution in [0.3, 0.4) is 0 Å². The minimum atomic E-state index is 0.279. The summed E-state index contributed by atoms with van der Waals surface area (Å²) in [5, 5.41) is 4.12. The predicted molar refractivity (Wildman–Crippen MR) is 106 cm³/mol. The molecule has 1 N–H and O–H groups in total. The molecule has 0 aliphatic carbocycles. The van der Waals surface area contributed by atoms with Crippen molar-refractivity contribution in [2.75, 3.05) is 51.1 Å². The van der Waals surface area contributed by atoms with Crippen LogP contribution >= 0.6 is 12.2 Å². The Morgan fingerprint density at radius 3 is 2.32 bits per heavy atom. The van der Waals surface area contributed by atoms with Gasteiger partial charge in [0.15, 0.2) is 5.11 Å². The molecule has 1 aromatic rings. The Morgan fingerprint density at radius 2 is 1.68 bits per heavy atom. The third-order valence-corrected chi connectivity index (χ3v) is 5.60. The number of carbonyl (C=O) groups excluding carboxylic acids is 1. The standard InChI is InChI=1S/C19H28N4OS/c1-15-5-6-17(13-16(15)2)20-19(25)23-11-9-21(10-12-23)14-18(24)22-7-3-4-8-22/h5-6,13H,3-4,7-12,14H2,1-2H3,(H,20,25). The zero-order valence-electron chi connectivity index (χ0n) is 15.3. The van der Waals surface area contributed by atoms with E-state index in [1.807, 2.05) is 4.90 Å². The first-order valence-corrected chi connectivity index (χ1v) is 9.57. The third kappa shape index (κ3) is 4.70. The minimum absolute atomic E-state index is 0.279. The summed E-state index contributed by atoms with van der Waals surface area (Å²) in [5.41, 5.74) is 3.59. The molecule has 136 valence electrons. The van der Waals surface area contributed by atoms with Gasteiger partial charge in [-0.3, -0.25) is 9.69 Å². The molecule has 0 bridgehead atoms. The molecule has 6 heteroatoms. The van der Waals surface area contributed by atoms with Gasteiger partial charge in [0, 0.05) is 45.0 Å². The fourth-order valence-electron chi connectivity index (χ4n) is 3.39. The second kappa shape index (κ2) is 8.15. The maximum absolute atomic E-state index is 12.3. The van der Waals surface area contributed by atoms with Gasteiger partial charge in [0.2, 0.25) is 5.91 Å². The number of carbonyl (C=O) groups is 1. The van der Waals surface area contributed by atoms with Gasteiger partial charge in [0.25, 0.3) is 0 Å². The molecule has 2 saturated heterocycles. The number of hydrogen-bond acceptors (Lipinski definition) is 3. The van der Waals surface area contributed by atoms with E-state index in [0.717, 1.165) is 62.9 Å². The molecule has 1 aromatic carbocycles. The number of hydrogen-bond donors (Lipinski definition) is 1. The van der Waals surface area contributed by atoms with Crippen molar-refractivity contribution in [1.29, 1.82) is 0 Å². The highest BCUT2D eigenvalue weighted by atomic mass is 32.1. The first-order valence-electron chi connectivity index (χ1n) is 9.16. The number of amides is 1. The number of benzene rings is 1. The smallest absolute Gasteiger partial charge is 0.236 e. The molecule has 0 spiro atoms. The summed E-state index contributed by atoms with van der Waals surface area (Å²) < 4.78 is 0. The Kier molecular flexibility index (Phi) is 5.91. The highest BCUT2D eigenvalue weighted by Crippen LogP contribution is 2.15. The summed E-state index contributed by atoms with van der Waals surface area (Å²) in [6.45, 7) is 10.1. The lowest BCUT2D eigenvalue weighted by atomic mass is 10.1. The van der Waals surface area contributed by atoms with Crippen molar-refractivity contribution in [3.05, 3.63) is 29.3 Å². The molecule has 2 aliphatic rings. The molecule has 2 fully saturated rings. The van der Waals surface area contributed by atoms with E-state index >= 15 is 0 Å². The van der Waals surface area contributed by atoms with E-state index in [-0.39, 0.29) is 5.91 Å². The van der Waals surface area contributed by atoms with Crippen LogP contribution in [0, 0.1) is 13.8 Å². The number of anilines is 1. The second-order valence-corrected chi connectivity index (χ2v) is 7.47. The molecular formula is C19H28N4OS. The zero-order chi connectivity index (χ0) is 17.8. The molecule has 0 saturated carbocycles. The van der Waals surface area contributed by atoms with E-state index in [1.165, 1.54) is 11.1 Å². The number of piperazine rings is 1. The molecule has 25 heavy (non-hydrogen) atoms. The molecule has 5 nitrogen and oxygen atoms in total. The van der Waals surface area contributed by atoms with Gasteiger partial charge < -0.3 is 15.1 Å². The summed E-state index contributed by atoms with van der Waals surface area (Å²) in [7, 11) is 0. The highest BCUT2D eigenvalue weighted by molar-refractivity contribution is 7.80. The van der Waals surface area contributed by atoms with Crippen LogP contribution < -0.4 is 5.32 Å². The summed E-state index contributed by atoms with van der Waals surface area (Å²) in [6, 6.07) is 6.31. The predicted octanol–water partition coefficient (Wildman–Crippen LogP) is 2.24. The Balaban J connectivity index is 1.45. The van der Waals surface area contributed by atoms with Crippen molar-refractivity contribution in [1.82, 2.24) is 14.7 Å². The van der Waals surface area contributed by atoms with Gasteiger partial charge in [-0.1, -0.05) is 6.07 Å². The van der Waals surface area contributed by atoms with E-state index in [2.05, 4.69) is 47.2 Å². The van der Waals surface area contributed by atoms with E-state index in [1.54, 1.807) is 0 Å². The highest BCUT2D eigenvalue weighted by Gasteiger charge is 2.24. The average molecular weight is 361 g/mol. The molecule has 3 rings (SSSR count). The maximum Gasteiger partial charge on any atom is 0.236 e. The molecule has 1 amide bonds. The normalized spacial score (nSPS) is 18.5. The van der Waals surface area contributed by atoms with Gasteiger partial charge >= 0.3 is 0 Å². The lowest BCUT2D eigenvalue weighted by Gasteiger charge is -2.36. The van der Waals surface area contributed by atoms with Gasteiger partial charge in [0.1, 0.15) is 0 Å². The number of likely N-dealkylation sites (tertiary alicyclic amines) is 1. The van der Waals surface area contributed by atoms with Crippen LogP contribution in [0.5, 0.6) is 0 Å². The van der Waals surface area contributed by atoms with Crippen LogP contribution in [0.15, 0.2) is 18.2 Å². The average Bonchev–Trinajstić information content (AvgIpc) is 3.13. The molecule has 0 aromatic heterocycles. The van der Waals surface area contributed by atoms with Crippen LogP contribution in [0.2, 0.25) is 0 Å². The van der Waals surface area contributed by atoms with Gasteiger partial charge in [0.05, 0.1) is 6.54 Å². The SMILES string of the molecule is Cc1ccc(NC(=S)N2CCN(CC(=O)N3CCCC3)CC2)cc1C. The fraction of sp³-hybridized carbons (Fsp3) is 0.579. The lowest BCUT2D eigenvalue weighted by molar-refractivity contribution is -0.131. The molecule has 0 unspecified atom stereocenters. The van der Waals surface area contributed by atoms with Gasteiger partial charge in [-0.05, 0) is 62.2 Å². The van der Waals surface area contributed by atoms with Crippen LogP contribution in [-0.2, 0) is 4.79 Å². The number of nitrogens with one attached hydrogen (secondary N) is 1. The largest absolute Gasteiger partial charge is 0.346 e. The number of nitrogens with zero attached hydrogens (tertiary/aromatic N) is 3. The fourth-order valence-corrected chi connectivity index (χ4v) is 3.69. The summed E-state index contributed by atoms with van der Waals surface area (Å²) in [5.74, 6) is 0.279. The van der Waals surface area contributed by atoms with Gasteiger partial charge in [-0.2, -0.15) is 0 Å². The number of aryl methyl sites for hydroxylation is 2. The van der Waals surface area contributed by atoms with Gasteiger partial charge in [-0.25, -0.2) is 0 Å². The molecule has 0 atom stereocenters. The third-order valence-electron chi connectivity index (χ3n) is 5.24. The van der Waals surface area contributed by atoms with E-state index in [9.17, 15) is 4.79 Å². The molecular weight excluding hydrogens is 332 g/mol. The monoisotopic (exact) mass is 360 g/mol. The summed E-state index contributed by atoms with van der Waals surface area (Å²) in [4.78, 5) is 18.7. The van der Waals surface area contributed by atoms with E-state index < -0.39 is 0 Å². The Morgan fingerprint density at radius 1 is 1.00 bits per heavy atom. The summed E-state index contributed by atoms with van der Waals surface area (Å²) >= 11 is 5.57. The topological polar surface area (TPSA) is 38.8 Å². The van der Waals surface area contributed by atoms with Crippen molar-refractivity contribution in [3.63, 3.8) is 0 Å². The van der Waals surface area contributed by atoms with E-state index in [4.69, 9.17) is 12.2 Å². The van der Waals surface area contributed by atoms with Crippen LogP contribution in [-0.4, -0.2) is 71.5 Å². The Labute approximate surface area is 156 Å². The van der Waals surface area contributed by atoms with Crippen LogP contribution in [0.4, 0.5) is 5.69 Å². The maximum atomic E-state index is 12.3. The number of rotatable bonds is 3. The summed E-state index contributed by atoms with van der Waals surface area (Å²) in [6.07, 6.45) is 2.30. The van der Waals surface area contributed by atoms with Crippen LogP contribution in [0.1, 0.15) is 24.0 Å².